The summed E-state index contributed by atoms with van der Waals surface area (Å²) in [5, 5.41) is 8.87. The summed E-state index contributed by atoms with van der Waals surface area (Å²) in [6, 6.07) is 9.81. The Morgan fingerprint density at radius 2 is 2.00 bits per heavy atom. The number of ether oxygens (including phenoxy) is 1. The first-order valence-electron chi connectivity index (χ1n) is 7.89. The zero-order valence-corrected chi connectivity index (χ0v) is 12.7. The molecule has 0 aromatic heterocycles. The fraction of sp³-hybridized carbons (Fsp3) is 0.529. The number of hydrogen-bond acceptors (Lipinski definition) is 4. The van der Waals surface area contributed by atoms with E-state index in [1.54, 1.807) is 0 Å². The van der Waals surface area contributed by atoms with Crippen LogP contribution in [-0.4, -0.2) is 50.2 Å². The average Bonchev–Trinajstić information content (AvgIpc) is 2.99. The summed E-state index contributed by atoms with van der Waals surface area (Å²) in [5.41, 5.74) is 1.80. The van der Waals surface area contributed by atoms with Crippen LogP contribution in [0.4, 0.5) is 5.69 Å². The van der Waals surface area contributed by atoms with Crippen LogP contribution in [0, 0.1) is 17.2 Å². The Bertz CT molecular complexity index is 558. The van der Waals surface area contributed by atoms with Gasteiger partial charge in [-0.1, -0.05) is 0 Å². The van der Waals surface area contributed by atoms with Gasteiger partial charge in [-0.05, 0) is 37.1 Å². The number of carbonyl (C=O) groups excluding carboxylic acids is 1. The maximum atomic E-state index is 12.5. The number of nitrogens with zero attached hydrogens (tertiary/aromatic N) is 3. The number of hydrogen-bond donors (Lipinski definition) is 0. The molecule has 1 atom stereocenters. The second-order valence-corrected chi connectivity index (χ2v) is 5.89. The molecule has 5 heteroatoms. The standard InChI is InChI=1S/C17H21N3O2/c18-12-14-2-4-16(5-3-14)19-7-1-8-20(10-9-19)17(21)15-6-11-22-13-15/h2-5,15H,1,6-11,13H2. The molecule has 2 fully saturated rings. The van der Waals surface area contributed by atoms with Crippen LogP contribution < -0.4 is 4.90 Å². The molecule has 0 aliphatic carbocycles. The van der Waals surface area contributed by atoms with E-state index in [1.165, 1.54) is 0 Å². The molecule has 0 N–H and O–H groups in total. The van der Waals surface area contributed by atoms with E-state index in [0.29, 0.717) is 18.8 Å². The second kappa shape index (κ2) is 6.80. The minimum absolute atomic E-state index is 0.0569. The van der Waals surface area contributed by atoms with Crippen LogP contribution in [0.5, 0.6) is 0 Å². The number of amides is 1. The minimum Gasteiger partial charge on any atom is -0.381 e. The molecule has 5 nitrogen and oxygen atoms in total. The molecule has 1 aromatic carbocycles. The Balaban J connectivity index is 1.61. The lowest BCUT2D eigenvalue weighted by Crippen LogP contribution is -2.39. The van der Waals surface area contributed by atoms with Crippen LogP contribution in [0.25, 0.3) is 0 Å². The fourth-order valence-corrected chi connectivity index (χ4v) is 3.13. The Labute approximate surface area is 131 Å². The molecule has 1 aromatic rings. The van der Waals surface area contributed by atoms with E-state index in [1.807, 2.05) is 29.2 Å². The van der Waals surface area contributed by atoms with Gasteiger partial charge in [0.05, 0.1) is 24.2 Å². The van der Waals surface area contributed by atoms with Crippen molar-refractivity contribution in [2.45, 2.75) is 12.8 Å². The highest BCUT2D eigenvalue weighted by Crippen LogP contribution is 2.20. The summed E-state index contributed by atoms with van der Waals surface area (Å²) in [7, 11) is 0. The minimum atomic E-state index is 0.0569. The molecule has 0 saturated carbocycles. The number of anilines is 1. The molecule has 1 unspecified atom stereocenters. The Morgan fingerprint density at radius 1 is 1.18 bits per heavy atom. The number of rotatable bonds is 2. The maximum absolute atomic E-state index is 12.5. The molecule has 2 aliphatic rings. The summed E-state index contributed by atoms with van der Waals surface area (Å²) in [6.45, 7) is 4.65. The van der Waals surface area contributed by atoms with E-state index in [-0.39, 0.29) is 11.8 Å². The topological polar surface area (TPSA) is 56.6 Å². The van der Waals surface area contributed by atoms with Gasteiger partial charge >= 0.3 is 0 Å². The molecule has 0 radical (unpaired) electrons. The third kappa shape index (κ3) is 3.23. The van der Waals surface area contributed by atoms with E-state index >= 15 is 0 Å². The van der Waals surface area contributed by atoms with Crippen LogP contribution in [0.1, 0.15) is 18.4 Å². The smallest absolute Gasteiger partial charge is 0.228 e. The lowest BCUT2D eigenvalue weighted by molar-refractivity contribution is -0.135. The molecule has 2 aliphatic heterocycles. The van der Waals surface area contributed by atoms with Crippen molar-refractivity contribution in [1.82, 2.24) is 4.90 Å². The molecular formula is C17H21N3O2. The number of benzene rings is 1. The number of carbonyl (C=O) groups is 1. The van der Waals surface area contributed by atoms with Gasteiger partial charge in [-0.15, -0.1) is 0 Å². The van der Waals surface area contributed by atoms with Crippen molar-refractivity contribution in [3.8, 4) is 6.07 Å². The highest BCUT2D eigenvalue weighted by molar-refractivity contribution is 5.79. The quantitative estimate of drug-likeness (QED) is 0.833. The molecule has 1 amide bonds. The largest absolute Gasteiger partial charge is 0.381 e. The SMILES string of the molecule is N#Cc1ccc(N2CCCN(C(=O)C3CCOC3)CC2)cc1. The van der Waals surface area contributed by atoms with Gasteiger partial charge in [-0.3, -0.25) is 4.79 Å². The zero-order chi connectivity index (χ0) is 15.4. The van der Waals surface area contributed by atoms with Crippen molar-refractivity contribution in [1.29, 1.82) is 5.26 Å². The van der Waals surface area contributed by atoms with Crippen molar-refractivity contribution in [2.75, 3.05) is 44.3 Å². The summed E-state index contributed by atoms with van der Waals surface area (Å²) in [6.07, 6.45) is 1.83. The van der Waals surface area contributed by atoms with Crippen LogP contribution in [0.15, 0.2) is 24.3 Å². The van der Waals surface area contributed by atoms with E-state index in [0.717, 1.165) is 44.7 Å². The molecule has 2 heterocycles. The lowest BCUT2D eigenvalue weighted by atomic mass is 10.1. The van der Waals surface area contributed by atoms with Gasteiger partial charge < -0.3 is 14.5 Å². The van der Waals surface area contributed by atoms with Crippen molar-refractivity contribution in [2.24, 2.45) is 5.92 Å². The van der Waals surface area contributed by atoms with Crippen molar-refractivity contribution in [3.63, 3.8) is 0 Å². The maximum Gasteiger partial charge on any atom is 0.228 e. The molecular weight excluding hydrogens is 278 g/mol. The van der Waals surface area contributed by atoms with Gasteiger partial charge in [0.2, 0.25) is 5.91 Å². The Morgan fingerprint density at radius 3 is 2.68 bits per heavy atom. The monoisotopic (exact) mass is 299 g/mol. The third-order valence-electron chi connectivity index (χ3n) is 4.45. The van der Waals surface area contributed by atoms with Crippen LogP contribution in [0.2, 0.25) is 0 Å². The summed E-state index contributed by atoms with van der Waals surface area (Å²) in [5.74, 6) is 0.306. The molecule has 22 heavy (non-hydrogen) atoms. The first-order valence-corrected chi connectivity index (χ1v) is 7.89. The van der Waals surface area contributed by atoms with E-state index in [2.05, 4.69) is 11.0 Å². The highest BCUT2D eigenvalue weighted by atomic mass is 16.5. The van der Waals surface area contributed by atoms with Crippen LogP contribution >= 0.6 is 0 Å². The first-order chi connectivity index (χ1) is 10.8. The fourth-order valence-electron chi connectivity index (χ4n) is 3.13. The molecule has 116 valence electrons. The second-order valence-electron chi connectivity index (χ2n) is 5.89. The summed E-state index contributed by atoms with van der Waals surface area (Å²) >= 11 is 0. The Hall–Kier alpha value is -2.06. The first kappa shape index (κ1) is 14.9. The van der Waals surface area contributed by atoms with E-state index in [4.69, 9.17) is 10.00 Å². The van der Waals surface area contributed by atoms with Gasteiger partial charge in [0, 0.05) is 38.5 Å². The van der Waals surface area contributed by atoms with Gasteiger partial charge in [-0.2, -0.15) is 5.26 Å². The van der Waals surface area contributed by atoms with Gasteiger partial charge in [0.15, 0.2) is 0 Å². The molecule has 3 rings (SSSR count). The van der Waals surface area contributed by atoms with Crippen molar-refractivity contribution in [3.05, 3.63) is 29.8 Å². The molecule has 2 saturated heterocycles. The van der Waals surface area contributed by atoms with Gasteiger partial charge in [0.25, 0.3) is 0 Å². The van der Waals surface area contributed by atoms with E-state index in [9.17, 15) is 4.79 Å². The Kier molecular flexibility index (Phi) is 4.59. The molecule has 0 spiro atoms. The van der Waals surface area contributed by atoms with Crippen LogP contribution in [-0.2, 0) is 9.53 Å². The predicted octanol–water partition coefficient (Wildman–Crippen LogP) is 1.63. The lowest BCUT2D eigenvalue weighted by Gasteiger charge is -2.25. The van der Waals surface area contributed by atoms with Crippen molar-refractivity contribution < 1.29 is 9.53 Å². The van der Waals surface area contributed by atoms with Crippen LogP contribution in [0.3, 0.4) is 0 Å². The van der Waals surface area contributed by atoms with Gasteiger partial charge in [0.1, 0.15) is 0 Å². The normalized spacial score (nSPS) is 22.2. The number of nitriles is 1. The van der Waals surface area contributed by atoms with Crippen molar-refractivity contribution >= 4 is 11.6 Å². The zero-order valence-electron chi connectivity index (χ0n) is 12.7. The summed E-state index contributed by atoms with van der Waals surface area (Å²) in [4.78, 5) is 16.8. The third-order valence-corrected chi connectivity index (χ3v) is 4.45. The highest BCUT2D eigenvalue weighted by Gasteiger charge is 2.29. The van der Waals surface area contributed by atoms with E-state index < -0.39 is 0 Å². The average molecular weight is 299 g/mol. The van der Waals surface area contributed by atoms with Gasteiger partial charge in [-0.25, -0.2) is 0 Å². The predicted molar refractivity (Wildman–Crippen MR) is 83.5 cm³/mol. The summed E-state index contributed by atoms with van der Waals surface area (Å²) < 4.78 is 5.33. The molecule has 0 bridgehead atoms.